The maximum absolute atomic E-state index is 4.43. The van der Waals surface area contributed by atoms with E-state index in [-0.39, 0.29) is 24.8 Å². The Bertz CT molecular complexity index is 275. The van der Waals surface area contributed by atoms with E-state index in [0.29, 0.717) is 6.04 Å². The van der Waals surface area contributed by atoms with Crippen molar-refractivity contribution in [2.45, 2.75) is 25.3 Å². The number of aliphatic imine (C=N–C) groups is 1. The molecule has 0 bridgehead atoms. The molecule has 0 N–H and O–H groups in total. The third-order valence-corrected chi connectivity index (χ3v) is 2.17. The molecular formula is C10H14Cl2N2. The van der Waals surface area contributed by atoms with Crippen LogP contribution in [-0.4, -0.2) is 11.2 Å². The Hall–Kier alpha value is -0.600. The van der Waals surface area contributed by atoms with Crippen LogP contribution in [0.4, 0.5) is 0 Å². The summed E-state index contributed by atoms with van der Waals surface area (Å²) in [5, 5.41) is 0. The molecule has 1 aliphatic heterocycles. The number of aromatic nitrogens is 1. The molecule has 0 radical (unpaired) electrons. The summed E-state index contributed by atoms with van der Waals surface area (Å²) in [6.07, 6.45) is 9.30. The van der Waals surface area contributed by atoms with Crippen molar-refractivity contribution in [2.24, 2.45) is 4.99 Å². The van der Waals surface area contributed by atoms with Crippen molar-refractivity contribution < 1.29 is 0 Å². The quantitative estimate of drug-likeness (QED) is 0.731. The molecule has 4 heteroatoms. The van der Waals surface area contributed by atoms with Crippen molar-refractivity contribution in [1.82, 2.24) is 4.98 Å². The fourth-order valence-electron chi connectivity index (χ4n) is 1.50. The van der Waals surface area contributed by atoms with Crippen molar-refractivity contribution >= 4 is 31.0 Å². The van der Waals surface area contributed by atoms with Gasteiger partial charge in [-0.1, -0.05) is 6.07 Å². The summed E-state index contributed by atoms with van der Waals surface area (Å²) >= 11 is 0. The molecule has 78 valence electrons. The minimum absolute atomic E-state index is 0. The monoisotopic (exact) mass is 232 g/mol. The van der Waals surface area contributed by atoms with Gasteiger partial charge < -0.3 is 0 Å². The molecule has 0 aromatic carbocycles. The zero-order valence-corrected chi connectivity index (χ0v) is 9.43. The van der Waals surface area contributed by atoms with Gasteiger partial charge in [-0.15, -0.1) is 24.8 Å². The van der Waals surface area contributed by atoms with Crippen LogP contribution in [0.25, 0.3) is 0 Å². The summed E-state index contributed by atoms with van der Waals surface area (Å²) in [6, 6.07) is 4.44. The van der Waals surface area contributed by atoms with E-state index in [4.69, 9.17) is 0 Å². The van der Waals surface area contributed by atoms with Gasteiger partial charge in [0.1, 0.15) is 0 Å². The molecule has 14 heavy (non-hydrogen) atoms. The molecule has 1 aromatic heterocycles. The van der Waals surface area contributed by atoms with Crippen LogP contribution in [0.1, 0.15) is 30.9 Å². The smallest absolute Gasteiger partial charge is 0.0760 e. The summed E-state index contributed by atoms with van der Waals surface area (Å²) in [4.78, 5) is 8.52. The fourth-order valence-corrected chi connectivity index (χ4v) is 1.50. The first-order chi connectivity index (χ1) is 5.97. The van der Waals surface area contributed by atoms with Crippen molar-refractivity contribution in [3.63, 3.8) is 0 Å². The third-order valence-electron chi connectivity index (χ3n) is 2.17. The van der Waals surface area contributed by atoms with Crippen LogP contribution in [0.2, 0.25) is 0 Å². The fraction of sp³-hybridized carbons (Fsp3) is 0.400. The average molecular weight is 233 g/mol. The molecular weight excluding hydrogens is 219 g/mol. The van der Waals surface area contributed by atoms with Crippen LogP contribution in [0, 0.1) is 0 Å². The largest absolute Gasteiger partial charge is 0.289 e. The number of nitrogens with zero attached hydrogens (tertiary/aromatic N) is 2. The molecule has 0 spiro atoms. The van der Waals surface area contributed by atoms with Crippen molar-refractivity contribution in [2.75, 3.05) is 0 Å². The first-order valence-corrected chi connectivity index (χ1v) is 4.38. The number of rotatable bonds is 1. The van der Waals surface area contributed by atoms with Crippen molar-refractivity contribution in [1.29, 1.82) is 0 Å². The van der Waals surface area contributed by atoms with E-state index in [1.54, 1.807) is 6.20 Å². The Morgan fingerprint density at radius 3 is 2.71 bits per heavy atom. The second-order valence-corrected chi connectivity index (χ2v) is 3.06. The predicted octanol–water partition coefficient (Wildman–Crippen LogP) is 3.22. The molecule has 2 heterocycles. The van der Waals surface area contributed by atoms with Crippen LogP contribution in [0.5, 0.6) is 0 Å². The highest BCUT2D eigenvalue weighted by Crippen LogP contribution is 2.24. The molecule has 1 aromatic rings. The summed E-state index contributed by atoms with van der Waals surface area (Å²) in [5.41, 5.74) is 1.24. The summed E-state index contributed by atoms with van der Waals surface area (Å²) in [7, 11) is 0. The van der Waals surface area contributed by atoms with E-state index in [9.17, 15) is 0 Å². The summed E-state index contributed by atoms with van der Waals surface area (Å²) in [5.74, 6) is 0. The van der Waals surface area contributed by atoms with E-state index >= 15 is 0 Å². The first-order valence-electron chi connectivity index (χ1n) is 4.38. The summed E-state index contributed by atoms with van der Waals surface area (Å²) in [6.45, 7) is 0. The van der Waals surface area contributed by atoms with Gasteiger partial charge in [0.05, 0.1) is 6.04 Å². The second-order valence-electron chi connectivity index (χ2n) is 3.06. The van der Waals surface area contributed by atoms with E-state index in [0.717, 1.165) is 6.42 Å². The molecule has 1 unspecified atom stereocenters. The number of hydrogen-bond acceptors (Lipinski definition) is 2. The number of pyridine rings is 1. The molecule has 0 amide bonds. The Morgan fingerprint density at radius 1 is 1.29 bits per heavy atom. The predicted molar refractivity (Wildman–Crippen MR) is 63.8 cm³/mol. The average Bonchev–Trinajstić information content (AvgIpc) is 2.21. The zero-order chi connectivity index (χ0) is 8.23. The minimum Gasteiger partial charge on any atom is -0.289 e. The van der Waals surface area contributed by atoms with E-state index < -0.39 is 0 Å². The van der Waals surface area contributed by atoms with Gasteiger partial charge in [-0.05, 0) is 37.1 Å². The van der Waals surface area contributed by atoms with Gasteiger partial charge in [-0.25, -0.2) is 0 Å². The highest BCUT2D eigenvalue weighted by atomic mass is 35.5. The highest BCUT2D eigenvalue weighted by molar-refractivity contribution is 5.85. The Morgan fingerprint density at radius 2 is 2.14 bits per heavy atom. The third kappa shape index (κ3) is 3.28. The molecule has 0 fully saturated rings. The van der Waals surface area contributed by atoms with Gasteiger partial charge in [0.2, 0.25) is 0 Å². The van der Waals surface area contributed by atoms with E-state index in [1.807, 2.05) is 18.5 Å². The Labute approximate surface area is 96.7 Å². The van der Waals surface area contributed by atoms with Gasteiger partial charge in [0.15, 0.2) is 0 Å². The zero-order valence-electron chi connectivity index (χ0n) is 7.80. The number of halogens is 2. The van der Waals surface area contributed by atoms with E-state index in [1.165, 1.54) is 18.4 Å². The second kappa shape index (κ2) is 6.80. The van der Waals surface area contributed by atoms with Gasteiger partial charge in [-0.2, -0.15) is 0 Å². The SMILES string of the molecule is C1=NC(c2cccnc2)CCC1.Cl.Cl. The van der Waals surface area contributed by atoms with Gasteiger partial charge in [0.25, 0.3) is 0 Å². The lowest BCUT2D eigenvalue weighted by molar-refractivity contribution is 0.602. The molecule has 1 atom stereocenters. The van der Waals surface area contributed by atoms with Crippen LogP contribution in [0.3, 0.4) is 0 Å². The van der Waals surface area contributed by atoms with Gasteiger partial charge in [0, 0.05) is 12.4 Å². The van der Waals surface area contributed by atoms with Crippen LogP contribution in [-0.2, 0) is 0 Å². The molecule has 0 saturated carbocycles. The molecule has 0 saturated heterocycles. The first kappa shape index (κ1) is 13.4. The topological polar surface area (TPSA) is 25.2 Å². The molecule has 2 rings (SSSR count). The lowest BCUT2D eigenvalue weighted by atomic mass is 10.0. The van der Waals surface area contributed by atoms with Crippen molar-refractivity contribution in [3.8, 4) is 0 Å². The molecule has 1 aliphatic rings. The van der Waals surface area contributed by atoms with Gasteiger partial charge in [-0.3, -0.25) is 9.98 Å². The normalized spacial score (nSPS) is 19.3. The summed E-state index contributed by atoms with van der Waals surface area (Å²) < 4.78 is 0. The maximum atomic E-state index is 4.43. The lowest BCUT2D eigenvalue weighted by Gasteiger charge is -2.14. The number of hydrogen-bond donors (Lipinski definition) is 0. The standard InChI is InChI=1S/C10H12N2.2ClH/c1-2-7-12-10(5-1)9-4-3-6-11-8-9;;/h3-4,6-8,10H,1-2,5H2;2*1H. The van der Waals surface area contributed by atoms with Crippen LogP contribution >= 0.6 is 24.8 Å². The van der Waals surface area contributed by atoms with Crippen LogP contribution in [0.15, 0.2) is 29.5 Å². The molecule has 2 nitrogen and oxygen atoms in total. The minimum atomic E-state index is 0. The Kier molecular flexibility index (Phi) is 6.50. The van der Waals surface area contributed by atoms with Crippen molar-refractivity contribution in [3.05, 3.63) is 30.1 Å². The highest BCUT2D eigenvalue weighted by Gasteiger charge is 2.10. The Balaban J connectivity index is 0.000000845. The van der Waals surface area contributed by atoms with Gasteiger partial charge >= 0.3 is 0 Å². The van der Waals surface area contributed by atoms with Crippen LogP contribution < -0.4 is 0 Å². The lowest BCUT2D eigenvalue weighted by Crippen LogP contribution is -2.01. The maximum Gasteiger partial charge on any atom is 0.0760 e. The van der Waals surface area contributed by atoms with E-state index in [2.05, 4.69) is 16.0 Å². The molecule has 0 aliphatic carbocycles.